The van der Waals surface area contributed by atoms with Crippen LogP contribution in [-0.4, -0.2) is 54.5 Å². The van der Waals surface area contributed by atoms with Gasteiger partial charge in [0.05, 0.1) is 0 Å². The maximum absolute atomic E-state index is 11.5. The molecule has 2 aliphatic carbocycles. The second-order valence-electron chi connectivity index (χ2n) is 8.23. The summed E-state index contributed by atoms with van der Waals surface area (Å²) in [6, 6.07) is 0. The average molecular weight is 486 g/mol. The van der Waals surface area contributed by atoms with Crippen LogP contribution in [0.4, 0.5) is 12.9 Å². The van der Waals surface area contributed by atoms with E-state index in [1.807, 2.05) is 27.7 Å². The van der Waals surface area contributed by atoms with E-state index in [-0.39, 0.29) is 107 Å². The first-order valence-corrected chi connectivity index (χ1v) is 9.60. The molecule has 0 aromatic carbocycles. The Morgan fingerprint density at radius 3 is 1.97 bits per heavy atom. The van der Waals surface area contributed by atoms with Gasteiger partial charge in [-0.3, -0.25) is 9.59 Å². The SMILES string of the molecule is C.C=C[B-](F)(F)F.C=C[C@H]1CC(=O)[C@@H]2OC(C)(C)O[C@H]12.CC1(C)O[C@@H]2C=CC(=O)[C@@H]2O1.[K+]. The molecule has 2 saturated heterocycles. The zero-order valence-corrected chi connectivity index (χ0v) is 21.6. The summed E-state index contributed by atoms with van der Waals surface area (Å²) in [6.07, 6.45) is 4.55. The minimum absolute atomic E-state index is 0. The predicted octanol–water partition coefficient (Wildman–Crippen LogP) is 1.13. The summed E-state index contributed by atoms with van der Waals surface area (Å²) in [5.41, 5.74) is 0. The Bertz CT molecular complexity index is 738. The summed E-state index contributed by atoms with van der Waals surface area (Å²) >= 11 is 0. The fraction of sp³-hybridized carbons (Fsp3) is 0.619. The molecule has 4 rings (SSSR count). The van der Waals surface area contributed by atoms with Crippen molar-refractivity contribution in [2.24, 2.45) is 5.92 Å². The molecule has 0 bridgehead atoms. The summed E-state index contributed by atoms with van der Waals surface area (Å²) in [6.45, 7) is 8.80. The molecule has 3 fully saturated rings. The molecule has 0 N–H and O–H groups in total. The zero-order chi connectivity index (χ0) is 22.9. The second kappa shape index (κ2) is 12.0. The molecule has 0 radical (unpaired) electrons. The van der Waals surface area contributed by atoms with Crippen molar-refractivity contribution in [3.05, 3.63) is 37.4 Å². The van der Waals surface area contributed by atoms with Crippen LogP contribution in [0.5, 0.6) is 0 Å². The van der Waals surface area contributed by atoms with Gasteiger partial charge in [0, 0.05) is 12.3 Å². The molecule has 0 unspecified atom stereocenters. The molecule has 2 heterocycles. The van der Waals surface area contributed by atoms with Crippen molar-refractivity contribution in [2.45, 2.75) is 77.5 Å². The quantitative estimate of drug-likeness (QED) is 0.431. The van der Waals surface area contributed by atoms with Gasteiger partial charge in [-0.2, -0.15) is 5.98 Å². The van der Waals surface area contributed by atoms with E-state index in [4.69, 9.17) is 18.9 Å². The summed E-state index contributed by atoms with van der Waals surface area (Å²) in [5.74, 6) is -0.942. The maximum Gasteiger partial charge on any atom is 1.00 e. The molecule has 0 spiro atoms. The largest absolute Gasteiger partial charge is 1.00 e. The Morgan fingerprint density at radius 2 is 1.50 bits per heavy atom. The molecule has 0 aromatic rings. The number of hydrogen-bond donors (Lipinski definition) is 0. The Labute approximate surface area is 230 Å². The third-order valence-corrected chi connectivity index (χ3v) is 4.73. The first-order chi connectivity index (χ1) is 13.7. The first-order valence-electron chi connectivity index (χ1n) is 9.60. The smallest absolute Gasteiger partial charge is 0.445 e. The third-order valence-electron chi connectivity index (χ3n) is 4.73. The Balaban J connectivity index is 0.000000465. The van der Waals surface area contributed by atoms with Crippen molar-refractivity contribution in [3.8, 4) is 0 Å². The van der Waals surface area contributed by atoms with E-state index in [9.17, 15) is 22.5 Å². The van der Waals surface area contributed by atoms with Crippen molar-refractivity contribution < 1.29 is 92.9 Å². The Kier molecular flexibility index (Phi) is 12.0. The van der Waals surface area contributed by atoms with Crippen LogP contribution in [0.3, 0.4) is 0 Å². The molecule has 4 aliphatic rings. The summed E-state index contributed by atoms with van der Waals surface area (Å²) < 4.78 is 54.1. The third kappa shape index (κ3) is 8.59. The van der Waals surface area contributed by atoms with Crippen molar-refractivity contribution in [1.82, 2.24) is 0 Å². The van der Waals surface area contributed by atoms with Crippen molar-refractivity contribution >= 4 is 18.5 Å². The van der Waals surface area contributed by atoms with Gasteiger partial charge >= 0.3 is 58.4 Å². The number of ether oxygens (including phenoxy) is 4. The number of carbonyl (C=O) groups excluding carboxylic acids is 2. The monoisotopic (exact) mass is 486 g/mol. The number of halogens is 3. The van der Waals surface area contributed by atoms with Crippen LogP contribution in [0.1, 0.15) is 41.5 Å². The second-order valence-corrected chi connectivity index (χ2v) is 8.23. The maximum atomic E-state index is 11.5. The average Bonchev–Trinajstić information content (AvgIpc) is 3.29. The number of Topliss-reactive ketones (excluding diaryl/α,β-unsaturated/α-hetero) is 1. The Morgan fingerprint density at radius 1 is 1.00 bits per heavy atom. The molecular formula is C21H31BF3KO6. The summed E-state index contributed by atoms with van der Waals surface area (Å²) in [4.78, 5) is 22.5. The van der Waals surface area contributed by atoms with Crippen LogP contribution in [0.2, 0.25) is 0 Å². The number of rotatable bonds is 2. The van der Waals surface area contributed by atoms with Crippen molar-refractivity contribution in [2.75, 3.05) is 0 Å². The van der Waals surface area contributed by atoms with Gasteiger partial charge in [-0.25, -0.2) is 0 Å². The van der Waals surface area contributed by atoms with Gasteiger partial charge in [-0.1, -0.05) is 13.5 Å². The van der Waals surface area contributed by atoms with Gasteiger partial charge in [0.15, 0.2) is 29.2 Å². The van der Waals surface area contributed by atoms with Crippen molar-refractivity contribution in [3.63, 3.8) is 0 Å². The van der Waals surface area contributed by atoms with E-state index in [1.54, 1.807) is 12.2 Å². The molecule has 0 amide bonds. The van der Waals surface area contributed by atoms with E-state index in [2.05, 4.69) is 13.2 Å². The molecule has 1 saturated carbocycles. The van der Waals surface area contributed by atoms with Gasteiger partial charge in [0.25, 0.3) is 0 Å². The van der Waals surface area contributed by atoms with E-state index in [0.717, 1.165) is 0 Å². The minimum Gasteiger partial charge on any atom is -0.445 e. The molecular weight excluding hydrogens is 455 g/mol. The number of carbonyl (C=O) groups is 2. The zero-order valence-electron chi connectivity index (χ0n) is 18.5. The number of fused-ring (bicyclic) bond motifs is 2. The topological polar surface area (TPSA) is 71.1 Å². The number of hydrogen-bond acceptors (Lipinski definition) is 6. The molecule has 6 nitrogen and oxygen atoms in total. The van der Waals surface area contributed by atoms with Crippen molar-refractivity contribution in [1.29, 1.82) is 0 Å². The molecule has 5 atom stereocenters. The van der Waals surface area contributed by atoms with Gasteiger partial charge in [0.1, 0.15) is 18.3 Å². The number of ketones is 2. The molecule has 0 aromatic heterocycles. The molecule has 32 heavy (non-hydrogen) atoms. The normalized spacial score (nSPS) is 32.8. The van der Waals surface area contributed by atoms with Gasteiger partial charge < -0.3 is 31.9 Å². The van der Waals surface area contributed by atoms with Crippen LogP contribution in [0.25, 0.3) is 0 Å². The predicted molar refractivity (Wildman–Crippen MR) is 111 cm³/mol. The van der Waals surface area contributed by atoms with E-state index < -0.39 is 18.6 Å². The van der Waals surface area contributed by atoms with Gasteiger partial charge in [-0.15, -0.1) is 13.2 Å². The van der Waals surface area contributed by atoms with Gasteiger partial charge in [-0.05, 0) is 39.8 Å². The first kappa shape index (κ1) is 31.9. The van der Waals surface area contributed by atoms with Crippen LogP contribution in [0.15, 0.2) is 37.4 Å². The van der Waals surface area contributed by atoms with E-state index in [1.165, 1.54) is 6.08 Å². The fourth-order valence-corrected chi connectivity index (χ4v) is 3.47. The van der Waals surface area contributed by atoms with E-state index in [0.29, 0.717) is 6.42 Å². The van der Waals surface area contributed by atoms with Crippen LogP contribution < -0.4 is 51.4 Å². The molecule has 176 valence electrons. The summed E-state index contributed by atoms with van der Waals surface area (Å²) in [7, 11) is 0. The molecule has 2 aliphatic heterocycles. The fourth-order valence-electron chi connectivity index (χ4n) is 3.47. The van der Waals surface area contributed by atoms with E-state index >= 15 is 0 Å². The van der Waals surface area contributed by atoms with Gasteiger partial charge in [0.2, 0.25) is 0 Å². The standard InChI is InChI=1S/C10H14O3.C8H10O3.C2H3BF3.CH4.K/c1-4-6-5-7(11)9-8(6)12-10(2,3)13-9;1-8(2)10-6-4-3-5(9)7(6)11-8;1-2-3(4,5)6;;/h4,6,8-9H,1,5H2,2-3H3;3-4,6-7H,1-2H3;2H,1H2;1H4;/q;;-1;;+1/t6-,8+,9-;6-,7+;;;/m01.../s1. The Hall–Kier alpha value is -0.109. The van der Waals surface area contributed by atoms with Crippen LogP contribution in [0, 0.1) is 5.92 Å². The minimum atomic E-state index is -4.72. The summed E-state index contributed by atoms with van der Waals surface area (Å²) in [5, 5.41) is 0. The van der Waals surface area contributed by atoms with Crippen LogP contribution >= 0.6 is 0 Å². The van der Waals surface area contributed by atoms with Crippen LogP contribution in [-0.2, 0) is 28.5 Å². The molecule has 11 heteroatoms.